The topological polar surface area (TPSA) is 110 Å². The molecule has 0 fully saturated rings. The van der Waals surface area contributed by atoms with Gasteiger partial charge in [-0.3, -0.25) is 19.7 Å². The molecule has 0 saturated carbocycles. The summed E-state index contributed by atoms with van der Waals surface area (Å²) >= 11 is 0. The molecule has 0 saturated heterocycles. The van der Waals surface area contributed by atoms with Crippen molar-refractivity contribution in [3.05, 3.63) is 28.3 Å². The number of rotatable bonds is 4. The van der Waals surface area contributed by atoms with Gasteiger partial charge in [0.15, 0.2) is 0 Å². The van der Waals surface area contributed by atoms with Crippen LogP contribution in [0.4, 0.5) is 11.4 Å². The molecule has 2 N–H and O–H groups in total. The molecule has 0 unspecified atom stereocenters. The maximum atomic E-state index is 11.2. The van der Waals surface area contributed by atoms with E-state index in [-0.39, 0.29) is 23.6 Å². The number of hydrogen-bond donors (Lipinski definition) is 2. The number of nitro benzene ring substituents is 1. The highest BCUT2D eigenvalue weighted by molar-refractivity contribution is 6.04. The largest absolute Gasteiger partial charge is 0.506 e. The van der Waals surface area contributed by atoms with Gasteiger partial charge in [-0.2, -0.15) is 0 Å². The van der Waals surface area contributed by atoms with E-state index in [4.69, 9.17) is 0 Å². The lowest BCUT2D eigenvalue weighted by Crippen LogP contribution is -2.14. The molecule has 7 heteroatoms. The third kappa shape index (κ3) is 3.56. The van der Waals surface area contributed by atoms with Gasteiger partial charge in [-0.25, -0.2) is 0 Å². The van der Waals surface area contributed by atoms with Gasteiger partial charge in [0.25, 0.3) is 5.69 Å². The van der Waals surface area contributed by atoms with Crippen LogP contribution in [-0.2, 0) is 9.59 Å². The fourth-order valence-electron chi connectivity index (χ4n) is 1.16. The number of hydrogen-bond acceptors (Lipinski definition) is 5. The minimum atomic E-state index is -0.666. The van der Waals surface area contributed by atoms with Crippen molar-refractivity contribution in [3.8, 4) is 5.75 Å². The van der Waals surface area contributed by atoms with E-state index in [0.717, 1.165) is 12.1 Å². The Hall–Kier alpha value is -2.44. The number of non-ortho nitro benzene ring substituents is 1. The van der Waals surface area contributed by atoms with Crippen molar-refractivity contribution in [2.45, 2.75) is 13.3 Å². The molecule has 0 radical (unpaired) electrons. The zero-order chi connectivity index (χ0) is 13.0. The number of nitro groups is 1. The van der Waals surface area contributed by atoms with E-state index >= 15 is 0 Å². The van der Waals surface area contributed by atoms with Gasteiger partial charge in [-0.1, -0.05) is 0 Å². The Morgan fingerprint density at radius 2 is 2.12 bits per heavy atom. The summed E-state index contributed by atoms with van der Waals surface area (Å²) in [7, 11) is 0. The molecule has 0 aromatic heterocycles. The zero-order valence-electron chi connectivity index (χ0n) is 8.97. The summed E-state index contributed by atoms with van der Waals surface area (Å²) in [6, 6.07) is 3.26. The second-order valence-electron chi connectivity index (χ2n) is 3.39. The second-order valence-corrected chi connectivity index (χ2v) is 3.39. The number of nitrogens with zero attached hydrogens (tertiary/aromatic N) is 1. The van der Waals surface area contributed by atoms with Gasteiger partial charge < -0.3 is 10.4 Å². The van der Waals surface area contributed by atoms with Crippen molar-refractivity contribution in [2.24, 2.45) is 0 Å². The van der Waals surface area contributed by atoms with Crippen LogP contribution in [0.15, 0.2) is 18.2 Å². The van der Waals surface area contributed by atoms with Gasteiger partial charge in [0, 0.05) is 6.07 Å². The highest BCUT2D eigenvalue weighted by atomic mass is 16.6. The number of nitrogens with one attached hydrogen (secondary N) is 1. The molecule has 17 heavy (non-hydrogen) atoms. The molecule has 1 amide bonds. The van der Waals surface area contributed by atoms with Gasteiger partial charge in [-0.15, -0.1) is 0 Å². The first-order valence-corrected chi connectivity index (χ1v) is 4.67. The molecule has 0 aliphatic rings. The Kier molecular flexibility index (Phi) is 3.76. The summed E-state index contributed by atoms with van der Waals surface area (Å²) in [6.07, 6.45) is -0.309. The summed E-state index contributed by atoms with van der Waals surface area (Å²) in [5, 5.41) is 22.1. The summed E-state index contributed by atoms with van der Waals surface area (Å²) in [5.74, 6) is -1.32. The molecule has 0 bridgehead atoms. The summed E-state index contributed by atoms with van der Waals surface area (Å²) < 4.78 is 0. The van der Waals surface area contributed by atoms with Gasteiger partial charge >= 0.3 is 0 Å². The Bertz CT molecular complexity index is 484. The summed E-state index contributed by atoms with van der Waals surface area (Å²) in [4.78, 5) is 31.6. The molecule has 1 aromatic carbocycles. The van der Waals surface area contributed by atoms with E-state index in [0.29, 0.717) is 0 Å². The molecule has 1 aromatic rings. The minimum absolute atomic E-state index is 0.0295. The number of anilines is 1. The lowest BCUT2D eigenvalue weighted by Gasteiger charge is -2.05. The van der Waals surface area contributed by atoms with E-state index in [1.165, 1.54) is 13.0 Å². The number of amides is 1. The average Bonchev–Trinajstić information content (AvgIpc) is 2.19. The van der Waals surface area contributed by atoms with E-state index < -0.39 is 16.6 Å². The number of Topliss-reactive ketones (excluding diaryl/α,β-unsaturated/α-hetero) is 1. The molecular weight excluding hydrogens is 228 g/mol. The molecular formula is C10H10N2O5. The maximum absolute atomic E-state index is 11.2. The lowest BCUT2D eigenvalue weighted by atomic mass is 10.2. The SMILES string of the molecule is CC(=O)CC(=O)Nc1ccc([N+](=O)[O-])cc1O. The highest BCUT2D eigenvalue weighted by Crippen LogP contribution is 2.27. The van der Waals surface area contributed by atoms with E-state index in [2.05, 4.69) is 5.32 Å². The number of ketones is 1. The molecule has 0 atom stereocenters. The fourth-order valence-corrected chi connectivity index (χ4v) is 1.16. The van der Waals surface area contributed by atoms with Crippen LogP contribution < -0.4 is 5.32 Å². The number of benzene rings is 1. The fraction of sp³-hybridized carbons (Fsp3) is 0.200. The average molecular weight is 238 g/mol. The Labute approximate surface area is 96.2 Å². The third-order valence-electron chi connectivity index (χ3n) is 1.88. The quantitative estimate of drug-likeness (QED) is 0.354. The van der Waals surface area contributed by atoms with Crippen molar-refractivity contribution in [1.29, 1.82) is 0 Å². The maximum Gasteiger partial charge on any atom is 0.273 e. The predicted octanol–water partition coefficient (Wildman–Crippen LogP) is 1.22. The van der Waals surface area contributed by atoms with E-state index in [9.17, 15) is 24.8 Å². The molecule has 0 spiro atoms. The van der Waals surface area contributed by atoms with Crippen LogP contribution in [0, 0.1) is 10.1 Å². The Morgan fingerprint density at radius 1 is 1.47 bits per heavy atom. The number of carbonyl (C=O) groups excluding carboxylic acids is 2. The Morgan fingerprint density at radius 3 is 2.59 bits per heavy atom. The summed E-state index contributed by atoms with van der Waals surface area (Å²) in [5.41, 5.74) is -0.256. The number of phenolic OH excluding ortho intramolecular Hbond substituents is 1. The molecule has 1 rings (SSSR count). The van der Waals surface area contributed by atoms with Gasteiger partial charge in [0.2, 0.25) is 5.91 Å². The number of carbonyl (C=O) groups is 2. The van der Waals surface area contributed by atoms with Crippen LogP contribution in [0.2, 0.25) is 0 Å². The first-order chi connectivity index (χ1) is 7.90. The van der Waals surface area contributed by atoms with Crippen molar-refractivity contribution < 1.29 is 19.6 Å². The van der Waals surface area contributed by atoms with Crippen molar-refractivity contribution in [1.82, 2.24) is 0 Å². The normalized spacial score (nSPS) is 9.71. The van der Waals surface area contributed by atoms with Crippen LogP contribution in [-0.4, -0.2) is 21.7 Å². The van der Waals surface area contributed by atoms with Crippen LogP contribution >= 0.6 is 0 Å². The molecule has 90 valence electrons. The van der Waals surface area contributed by atoms with Gasteiger partial charge in [-0.05, 0) is 13.0 Å². The smallest absolute Gasteiger partial charge is 0.273 e. The minimum Gasteiger partial charge on any atom is -0.506 e. The molecule has 0 aliphatic carbocycles. The molecule has 0 heterocycles. The molecule has 0 aliphatic heterocycles. The predicted molar refractivity (Wildman–Crippen MR) is 58.7 cm³/mol. The van der Waals surface area contributed by atoms with Gasteiger partial charge in [0.1, 0.15) is 11.5 Å². The van der Waals surface area contributed by atoms with Crippen LogP contribution in [0.3, 0.4) is 0 Å². The Balaban J connectivity index is 2.83. The number of aromatic hydroxyl groups is 1. The third-order valence-corrected chi connectivity index (χ3v) is 1.88. The summed E-state index contributed by atoms with van der Waals surface area (Å²) in [6.45, 7) is 1.26. The first kappa shape index (κ1) is 12.6. The van der Waals surface area contributed by atoms with Crippen molar-refractivity contribution in [2.75, 3.05) is 5.32 Å². The van der Waals surface area contributed by atoms with Gasteiger partial charge in [0.05, 0.1) is 23.1 Å². The van der Waals surface area contributed by atoms with Crippen LogP contribution in [0.1, 0.15) is 13.3 Å². The van der Waals surface area contributed by atoms with Crippen LogP contribution in [0.5, 0.6) is 5.75 Å². The van der Waals surface area contributed by atoms with Crippen LogP contribution in [0.25, 0.3) is 0 Å². The van der Waals surface area contributed by atoms with Crippen molar-refractivity contribution in [3.63, 3.8) is 0 Å². The van der Waals surface area contributed by atoms with Crippen molar-refractivity contribution >= 4 is 23.1 Å². The first-order valence-electron chi connectivity index (χ1n) is 4.67. The monoisotopic (exact) mass is 238 g/mol. The lowest BCUT2D eigenvalue weighted by molar-refractivity contribution is -0.384. The number of phenols is 1. The van der Waals surface area contributed by atoms with E-state index in [1.54, 1.807) is 0 Å². The zero-order valence-corrected chi connectivity index (χ0v) is 8.97. The second kappa shape index (κ2) is 5.06. The standard InChI is InChI=1S/C10H10N2O5/c1-6(13)4-10(15)11-8-3-2-7(12(16)17)5-9(8)14/h2-3,5,14H,4H2,1H3,(H,11,15). The molecule has 7 nitrogen and oxygen atoms in total. The highest BCUT2D eigenvalue weighted by Gasteiger charge is 2.12. The van der Waals surface area contributed by atoms with E-state index in [1.807, 2.05) is 0 Å².